The largest absolute Gasteiger partial charge is 1.00 e. The average Bonchev–Trinajstić information content (AvgIpc) is 2.13. The normalized spacial score (nSPS) is 11.2. The van der Waals surface area contributed by atoms with Gasteiger partial charge in [0.2, 0.25) is 6.33 Å². The number of aromatic amines is 1. The first-order chi connectivity index (χ1) is 4.68. The number of imidazole rings is 1. The van der Waals surface area contributed by atoms with Crippen molar-refractivity contribution in [3.63, 3.8) is 0 Å². The molecule has 0 aromatic carbocycles. The van der Waals surface area contributed by atoms with Crippen molar-refractivity contribution >= 4 is 0 Å². The molecule has 0 amide bonds. The Kier molecular flexibility index (Phi) is 7.48. The molecule has 4 N–H and O–H groups in total. The van der Waals surface area contributed by atoms with Crippen LogP contribution in [0.4, 0.5) is 0 Å². The van der Waals surface area contributed by atoms with Crippen LogP contribution in [0.3, 0.4) is 0 Å². The van der Waals surface area contributed by atoms with Gasteiger partial charge in [0.05, 0.1) is 19.5 Å². The first kappa shape index (κ1) is 14.3. The second-order valence-electron chi connectivity index (χ2n) is 2.90. The van der Waals surface area contributed by atoms with Crippen LogP contribution in [0, 0.1) is 0 Å². The Morgan fingerprint density at radius 3 is 2.50 bits per heavy atom. The number of aromatic nitrogens is 2. The fourth-order valence-corrected chi connectivity index (χ4v) is 0.992. The summed E-state index contributed by atoms with van der Waals surface area (Å²) in [5.41, 5.74) is 5.17. The molecule has 0 aliphatic carbocycles. The molecule has 3 nitrogen and oxygen atoms in total. The van der Waals surface area contributed by atoms with Gasteiger partial charge in [-0.15, -0.1) is 0 Å². The van der Waals surface area contributed by atoms with Gasteiger partial charge < -0.3 is 30.5 Å². The summed E-state index contributed by atoms with van der Waals surface area (Å²) in [5, 5.41) is 0. The first-order valence-corrected chi connectivity index (χ1v) is 3.54. The summed E-state index contributed by atoms with van der Waals surface area (Å²) in [6.07, 6.45) is 5.06. The van der Waals surface area contributed by atoms with Crippen molar-refractivity contribution in [1.29, 1.82) is 0 Å². The number of H-pyrrole nitrogens is 1. The molecule has 1 rings (SSSR count). The summed E-state index contributed by atoms with van der Waals surface area (Å²) in [7, 11) is 2.01. The fourth-order valence-electron chi connectivity index (χ4n) is 0.992. The molecule has 0 unspecified atom stereocenters. The highest BCUT2D eigenvalue weighted by Crippen LogP contribution is 1.91. The van der Waals surface area contributed by atoms with Crippen molar-refractivity contribution in [3.8, 4) is 0 Å². The molecule has 0 aliphatic heterocycles. The standard InChI is InChI=1S/C7H13N3.2ClH/c1-6(8)3-7-4-10(2)5-9-7;;/h4-6H,3,8H2,1-2H3;2*1H/t6-;;/m0../s1. The Morgan fingerprint density at radius 1 is 1.58 bits per heavy atom. The van der Waals surface area contributed by atoms with E-state index in [9.17, 15) is 0 Å². The van der Waals surface area contributed by atoms with Gasteiger partial charge in [-0.3, -0.25) is 0 Å². The summed E-state index contributed by atoms with van der Waals surface area (Å²) in [5.74, 6) is 0. The molecule has 5 heteroatoms. The molecule has 12 heavy (non-hydrogen) atoms. The molecular formula is C7H15Cl2N3. The van der Waals surface area contributed by atoms with Crippen LogP contribution in [0.5, 0.6) is 0 Å². The van der Waals surface area contributed by atoms with Crippen LogP contribution < -0.4 is 35.1 Å². The van der Waals surface area contributed by atoms with Gasteiger partial charge in [-0.25, -0.2) is 9.55 Å². The van der Waals surface area contributed by atoms with E-state index in [1.807, 2.05) is 17.9 Å². The van der Waals surface area contributed by atoms with Crippen LogP contribution >= 0.6 is 0 Å². The number of hydrogen-bond donors (Lipinski definition) is 2. The molecular weight excluding hydrogens is 197 g/mol. The third kappa shape index (κ3) is 4.59. The van der Waals surface area contributed by atoms with Gasteiger partial charge >= 0.3 is 0 Å². The van der Waals surface area contributed by atoms with E-state index in [1.165, 1.54) is 5.69 Å². The molecule has 1 aromatic rings. The molecule has 0 bridgehead atoms. The Balaban J connectivity index is 0. The van der Waals surface area contributed by atoms with Crippen molar-refractivity contribution < 1.29 is 35.1 Å². The topological polar surface area (TPSA) is 47.3 Å². The molecule has 0 saturated carbocycles. The summed E-state index contributed by atoms with van der Waals surface area (Å²) in [6, 6.07) is 0.485. The summed E-state index contributed by atoms with van der Waals surface area (Å²) in [6.45, 7) is 2.11. The van der Waals surface area contributed by atoms with E-state index in [0.717, 1.165) is 6.42 Å². The predicted molar refractivity (Wildman–Crippen MR) is 38.0 cm³/mol. The van der Waals surface area contributed by atoms with E-state index in [0.29, 0.717) is 6.04 Å². The third-order valence-electron chi connectivity index (χ3n) is 1.38. The van der Waals surface area contributed by atoms with E-state index in [-0.39, 0.29) is 24.8 Å². The lowest BCUT2D eigenvalue weighted by Crippen LogP contribution is -3.00. The maximum absolute atomic E-state index is 3.91. The number of hydrogen-bond acceptors (Lipinski definition) is 0. The highest BCUT2D eigenvalue weighted by molar-refractivity contribution is 4.90. The lowest BCUT2D eigenvalue weighted by Gasteiger charge is -1.92. The Labute approximate surface area is 85.2 Å². The zero-order chi connectivity index (χ0) is 7.56. The molecule has 72 valence electrons. The van der Waals surface area contributed by atoms with Gasteiger partial charge in [-0.2, -0.15) is 0 Å². The van der Waals surface area contributed by atoms with E-state index in [4.69, 9.17) is 0 Å². The highest BCUT2D eigenvalue weighted by atomic mass is 35.5. The summed E-state index contributed by atoms with van der Waals surface area (Å²) in [4.78, 5) is 3.16. The highest BCUT2D eigenvalue weighted by Gasteiger charge is 2.06. The van der Waals surface area contributed by atoms with Gasteiger partial charge in [0, 0.05) is 0 Å². The molecule has 0 radical (unpaired) electrons. The van der Waals surface area contributed by atoms with Gasteiger partial charge in [-0.1, -0.05) is 0 Å². The second kappa shape index (κ2) is 6.29. The lowest BCUT2D eigenvalue weighted by atomic mass is 10.2. The molecule has 0 aliphatic rings. The Morgan fingerprint density at radius 2 is 2.17 bits per heavy atom. The number of quaternary nitrogens is 1. The first-order valence-electron chi connectivity index (χ1n) is 3.54. The summed E-state index contributed by atoms with van der Waals surface area (Å²) >= 11 is 0. The quantitative estimate of drug-likeness (QED) is 0.458. The van der Waals surface area contributed by atoms with Gasteiger partial charge in [0.1, 0.15) is 11.9 Å². The van der Waals surface area contributed by atoms with Gasteiger partial charge in [-0.05, 0) is 6.92 Å². The number of nitrogens with one attached hydrogen (secondary N) is 1. The van der Waals surface area contributed by atoms with Crippen LogP contribution in [0.2, 0.25) is 0 Å². The molecule has 1 aromatic heterocycles. The second-order valence-corrected chi connectivity index (χ2v) is 2.90. The lowest BCUT2D eigenvalue weighted by molar-refractivity contribution is -0.670. The van der Waals surface area contributed by atoms with E-state index < -0.39 is 0 Å². The van der Waals surface area contributed by atoms with Gasteiger partial charge in [0.15, 0.2) is 0 Å². The van der Waals surface area contributed by atoms with Crippen LogP contribution in [0.25, 0.3) is 0 Å². The van der Waals surface area contributed by atoms with Crippen molar-refractivity contribution in [1.82, 2.24) is 4.98 Å². The van der Waals surface area contributed by atoms with Crippen molar-refractivity contribution in [2.45, 2.75) is 19.4 Å². The number of aryl methyl sites for hydroxylation is 1. The maximum atomic E-state index is 3.91. The van der Waals surface area contributed by atoms with Crippen LogP contribution in [-0.4, -0.2) is 11.0 Å². The zero-order valence-electron chi connectivity index (χ0n) is 7.35. The average molecular weight is 212 g/mol. The fraction of sp³-hybridized carbons (Fsp3) is 0.571. The van der Waals surface area contributed by atoms with E-state index >= 15 is 0 Å². The molecule has 0 saturated heterocycles. The number of rotatable bonds is 2. The SMILES string of the molecule is C[C@H]([NH3+])Cc1c[n+](C)c[nH]1.[Cl-].[Cl-]. The van der Waals surface area contributed by atoms with Gasteiger partial charge in [0.25, 0.3) is 0 Å². The number of halogens is 2. The third-order valence-corrected chi connectivity index (χ3v) is 1.38. The minimum absolute atomic E-state index is 0. The monoisotopic (exact) mass is 211 g/mol. The maximum Gasteiger partial charge on any atom is 0.241 e. The van der Waals surface area contributed by atoms with Crippen LogP contribution in [-0.2, 0) is 13.5 Å². The predicted octanol–water partition coefficient (Wildman–Crippen LogP) is -6.98. The minimum atomic E-state index is 0. The van der Waals surface area contributed by atoms with Crippen molar-refractivity contribution in [3.05, 3.63) is 18.2 Å². The Hall–Kier alpha value is -0.250. The van der Waals surface area contributed by atoms with E-state index in [2.05, 4.69) is 23.8 Å². The van der Waals surface area contributed by atoms with Crippen molar-refractivity contribution in [2.24, 2.45) is 7.05 Å². The molecule has 1 atom stereocenters. The molecule has 1 heterocycles. The molecule has 0 fully saturated rings. The number of nitrogens with zero attached hydrogens (tertiary/aromatic N) is 1. The smallest absolute Gasteiger partial charge is 0.241 e. The van der Waals surface area contributed by atoms with E-state index in [1.54, 1.807) is 0 Å². The van der Waals surface area contributed by atoms with Crippen molar-refractivity contribution in [2.75, 3.05) is 0 Å². The molecule has 0 spiro atoms. The summed E-state index contributed by atoms with van der Waals surface area (Å²) < 4.78 is 2.01. The van der Waals surface area contributed by atoms with Crippen LogP contribution in [0.15, 0.2) is 12.5 Å². The van der Waals surface area contributed by atoms with Crippen LogP contribution in [0.1, 0.15) is 12.6 Å². The zero-order valence-corrected chi connectivity index (χ0v) is 8.86. The Bertz CT molecular complexity index is 210. The minimum Gasteiger partial charge on any atom is -1.00 e.